The molecule has 0 radical (unpaired) electrons. The van der Waals surface area contributed by atoms with Crippen LogP contribution in [0.15, 0.2) is 18.5 Å². The predicted octanol–water partition coefficient (Wildman–Crippen LogP) is 1.14. The number of aromatic nitrogens is 1. The summed E-state index contributed by atoms with van der Waals surface area (Å²) >= 11 is 0. The van der Waals surface area contributed by atoms with Crippen LogP contribution in [-0.4, -0.2) is 35.6 Å². The zero-order valence-electron chi connectivity index (χ0n) is 9.30. The van der Waals surface area contributed by atoms with Crippen molar-refractivity contribution in [3.8, 4) is 5.75 Å². The van der Waals surface area contributed by atoms with E-state index in [1.54, 1.807) is 12.4 Å². The second kappa shape index (κ2) is 3.94. The van der Waals surface area contributed by atoms with Gasteiger partial charge in [-0.25, -0.2) is 0 Å². The fraction of sp³-hybridized carbons (Fsp3) is 0.583. The number of ether oxygens (including phenoxy) is 1. The Kier molecular flexibility index (Phi) is 2.44. The molecule has 86 valence electrons. The number of pyridine rings is 1. The van der Waals surface area contributed by atoms with Crippen LogP contribution in [0.2, 0.25) is 0 Å². The molecule has 0 aromatic carbocycles. The van der Waals surface area contributed by atoms with Gasteiger partial charge in [0.25, 0.3) is 0 Å². The minimum atomic E-state index is 0.312. The Hall–Kier alpha value is -1.29. The number of rotatable bonds is 2. The third-order valence-electron chi connectivity index (χ3n) is 3.68. The van der Waals surface area contributed by atoms with Gasteiger partial charge < -0.3 is 10.5 Å². The third-order valence-corrected chi connectivity index (χ3v) is 3.68. The lowest BCUT2D eigenvalue weighted by atomic mass is 9.86. The van der Waals surface area contributed by atoms with Crippen molar-refractivity contribution in [1.29, 1.82) is 0 Å². The van der Waals surface area contributed by atoms with Gasteiger partial charge in [-0.15, -0.1) is 0 Å². The molecule has 0 aliphatic carbocycles. The van der Waals surface area contributed by atoms with Crippen LogP contribution in [0.1, 0.15) is 12.8 Å². The van der Waals surface area contributed by atoms with Crippen molar-refractivity contribution >= 4 is 5.69 Å². The number of nitrogen functional groups attached to an aromatic ring is 1. The Balaban J connectivity index is 1.73. The molecule has 4 nitrogen and oxygen atoms in total. The topological polar surface area (TPSA) is 51.4 Å². The standard InChI is InChI=1S/C12H17N3O/c13-10-7-14-4-1-11(10)16-12-8-15-5-2-9(12)3-6-15/h1,4,7,9,12H,2-3,5-6,8,13H2. The van der Waals surface area contributed by atoms with Crippen molar-refractivity contribution in [1.82, 2.24) is 9.88 Å². The first kappa shape index (κ1) is 9.90. The average Bonchev–Trinajstić information content (AvgIpc) is 2.34. The smallest absolute Gasteiger partial charge is 0.145 e. The lowest BCUT2D eigenvalue weighted by molar-refractivity contribution is -0.00742. The normalized spacial score (nSPS) is 32.6. The molecule has 2 bridgehead atoms. The van der Waals surface area contributed by atoms with Crippen molar-refractivity contribution in [2.24, 2.45) is 5.92 Å². The van der Waals surface area contributed by atoms with Crippen LogP contribution in [0.3, 0.4) is 0 Å². The van der Waals surface area contributed by atoms with Gasteiger partial charge in [-0.3, -0.25) is 9.88 Å². The maximum Gasteiger partial charge on any atom is 0.145 e. The fourth-order valence-corrected chi connectivity index (χ4v) is 2.71. The van der Waals surface area contributed by atoms with Gasteiger partial charge in [-0.2, -0.15) is 0 Å². The molecule has 16 heavy (non-hydrogen) atoms. The molecule has 0 spiro atoms. The van der Waals surface area contributed by atoms with Gasteiger partial charge in [0.2, 0.25) is 0 Å². The minimum Gasteiger partial charge on any atom is -0.487 e. The van der Waals surface area contributed by atoms with Crippen LogP contribution in [-0.2, 0) is 0 Å². The maximum absolute atomic E-state index is 6.01. The number of hydrogen-bond donors (Lipinski definition) is 1. The van der Waals surface area contributed by atoms with Crippen LogP contribution in [0.4, 0.5) is 5.69 Å². The quantitative estimate of drug-likeness (QED) is 0.810. The van der Waals surface area contributed by atoms with E-state index in [4.69, 9.17) is 10.5 Å². The number of hydrogen-bond acceptors (Lipinski definition) is 4. The Morgan fingerprint density at radius 1 is 1.38 bits per heavy atom. The second-order valence-electron chi connectivity index (χ2n) is 4.71. The molecule has 3 aliphatic rings. The highest BCUT2D eigenvalue weighted by molar-refractivity contribution is 5.49. The molecular formula is C12H17N3O. The first-order chi connectivity index (χ1) is 7.83. The summed E-state index contributed by atoms with van der Waals surface area (Å²) in [6.45, 7) is 3.51. The lowest BCUT2D eigenvalue weighted by Crippen LogP contribution is -2.52. The van der Waals surface area contributed by atoms with Crippen molar-refractivity contribution < 1.29 is 4.74 Å². The Labute approximate surface area is 95.4 Å². The van der Waals surface area contributed by atoms with Crippen LogP contribution in [0.25, 0.3) is 0 Å². The van der Waals surface area contributed by atoms with E-state index >= 15 is 0 Å². The molecule has 3 saturated heterocycles. The molecule has 3 aliphatic heterocycles. The molecule has 1 unspecified atom stereocenters. The SMILES string of the molecule is Nc1cnccc1OC1CN2CCC1CC2. The number of anilines is 1. The van der Waals surface area contributed by atoms with Gasteiger partial charge in [0.05, 0.1) is 11.9 Å². The van der Waals surface area contributed by atoms with E-state index in [9.17, 15) is 0 Å². The zero-order chi connectivity index (χ0) is 11.0. The average molecular weight is 219 g/mol. The zero-order valence-corrected chi connectivity index (χ0v) is 9.30. The third kappa shape index (κ3) is 1.73. The monoisotopic (exact) mass is 219 g/mol. The predicted molar refractivity (Wildman–Crippen MR) is 62.2 cm³/mol. The number of nitrogens with two attached hydrogens (primary N) is 1. The van der Waals surface area contributed by atoms with Crippen LogP contribution < -0.4 is 10.5 Å². The van der Waals surface area contributed by atoms with Gasteiger partial charge in [0.1, 0.15) is 11.9 Å². The summed E-state index contributed by atoms with van der Waals surface area (Å²) < 4.78 is 6.01. The summed E-state index contributed by atoms with van der Waals surface area (Å²) in [5.74, 6) is 1.49. The van der Waals surface area contributed by atoms with Crippen molar-refractivity contribution in [2.75, 3.05) is 25.4 Å². The van der Waals surface area contributed by atoms with E-state index in [2.05, 4.69) is 9.88 Å². The Morgan fingerprint density at radius 3 is 2.81 bits per heavy atom. The number of piperidine rings is 3. The van der Waals surface area contributed by atoms with Crippen molar-refractivity contribution in [3.63, 3.8) is 0 Å². The first-order valence-corrected chi connectivity index (χ1v) is 5.91. The summed E-state index contributed by atoms with van der Waals surface area (Å²) in [5, 5.41) is 0. The minimum absolute atomic E-state index is 0.312. The van der Waals surface area contributed by atoms with E-state index in [0.717, 1.165) is 12.3 Å². The first-order valence-electron chi connectivity index (χ1n) is 5.91. The fourth-order valence-electron chi connectivity index (χ4n) is 2.71. The van der Waals surface area contributed by atoms with Crippen LogP contribution >= 0.6 is 0 Å². The molecule has 3 fully saturated rings. The highest BCUT2D eigenvalue weighted by atomic mass is 16.5. The summed E-state index contributed by atoms with van der Waals surface area (Å²) in [6.07, 6.45) is 6.21. The highest BCUT2D eigenvalue weighted by Crippen LogP contribution is 2.31. The van der Waals surface area contributed by atoms with Crippen molar-refractivity contribution in [2.45, 2.75) is 18.9 Å². The Bertz CT molecular complexity index is 374. The second-order valence-corrected chi connectivity index (χ2v) is 4.71. The number of nitrogens with zero attached hydrogens (tertiary/aromatic N) is 2. The molecule has 0 saturated carbocycles. The molecule has 1 aromatic heterocycles. The van der Waals surface area contributed by atoms with Gasteiger partial charge in [-0.1, -0.05) is 0 Å². The van der Waals surface area contributed by atoms with E-state index < -0.39 is 0 Å². The molecule has 4 heteroatoms. The lowest BCUT2D eigenvalue weighted by Gasteiger charge is -2.44. The summed E-state index contributed by atoms with van der Waals surface area (Å²) in [4.78, 5) is 6.44. The van der Waals surface area contributed by atoms with Gasteiger partial charge >= 0.3 is 0 Å². The van der Waals surface area contributed by atoms with E-state index in [0.29, 0.717) is 17.7 Å². The van der Waals surface area contributed by atoms with Gasteiger partial charge in [-0.05, 0) is 31.8 Å². The van der Waals surface area contributed by atoms with E-state index in [-0.39, 0.29) is 0 Å². The van der Waals surface area contributed by atoms with Gasteiger partial charge in [0, 0.05) is 18.8 Å². The van der Waals surface area contributed by atoms with Crippen LogP contribution in [0, 0.1) is 5.92 Å². The summed E-state index contributed by atoms with van der Waals surface area (Å²) in [5.41, 5.74) is 6.47. The van der Waals surface area contributed by atoms with Crippen LogP contribution in [0.5, 0.6) is 5.75 Å². The Morgan fingerprint density at radius 2 is 2.19 bits per heavy atom. The van der Waals surface area contributed by atoms with Gasteiger partial charge in [0.15, 0.2) is 0 Å². The number of fused-ring (bicyclic) bond motifs is 3. The largest absolute Gasteiger partial charge is 0.487 e. The molecule has 4 rings (SSSR count). The maximum atomic E-state index is 6.01. The molecule has 1 atom stereocenters. The summed E-state index contributed by atoms with van der Waals surface area (Å²) in [6, 6.07) is 1.85. The van der Waals surface area contributed by atoms with E-state index in [1.165, 1.54) is 25.9 Å². The summed E-state index contributed by atoms with van der Waals surface area (Å²) in [7, 11) is 0. The molecular weight excluding hydrogens is 202 g/mol. The van der Waals surface area contributed by atoms with E-state index in [1.807, 2.05) is 6.07 Å². The molecule has 0 amide bonds. The molecule has 4 heterocycles. The highest BCUT2D eigenvalue weighted by Gasteiger charge is 2.35. The van der Waals surface area contributed by atoms with Crippen molar-refractivity contribution in [3.05, 3.63) is 18.5 Å². The molecule has 2 N–H and O–H groups in total. The molecule has 1 aromatic rings.